The summed E-state index contributed by atoms with van der Waals surface area (Å²) in [7, 11) is 1.25. The summed E-state index contributed by atoms with van der Waals surface area (Å²) >= 11 is 0. The maximum atomic E-state index is 13.9. The van der Waals surface area contributed by atoms with Crippen LogP contribution in [-0.2, 0) is 52.9 Å². The quantitative estimate of drug-likeness (QED) is 0.0863. The van der Waals surface area contributed by atoms with Crippen LogP contribution >= 0.6 is 0 Å². The van der Waals surface area contributed by atoms with E-state index in [-0.39, 0.29) is 31.9 Å². The summed E-state index contributed by atoms with van der Waals surface area (Å²) in [5.74, 6) is -3.43. The van der Waals surface area contributed by atoms with Gasteiger partial charge >= 0.3 is 12.1 Å². The van der Waals surface area contributed by atoms with Crippen LogP contribution in [0.25, 0.3) is 0 Å². The third kappa shape index (κ3) is 14.0. The first-order valence-electron chi connectivity index (χ1n) is 19.6. The summed E-state index contributed by atoms with van der Waals surface area (Å²) in [6.45, 7) is 4.11. The molecule has 3 aromatic carbocycles. The molecular formula is C43H56N6O9. The van der Waals surface area contributed by atoms with E-state index in [1.54, 1.807) is 24.3 Å². The lowest BCUT2D eigenvalue weighted by atomic mass is 9.96. The van der Waals surface area contributed by atoms with Crippen molar-refractivity contribution in [2.24, 2.45) is 11.7 Å². The van der Waals surface area contributed by atoms with Crippen LogP contribution in [0.5, 0.6) is 0 Å². The van der Waals surface area contributed by atoms with Crippen LogP contribution in [0.1, 0.15) is 56.2 Å². The molecule has 7 N–H and O–H groups in total. The number of aliphatic hydroxyl groups is 1. The summed E-state index contributed by atoms with van der Waals surface area (Å²) in [6, 6.07) is 22.3. The van der Waals surface area contributed by atoms with Crippen molar-refractivity contribution in [1.29, 1.82) is 0 Å². The number of rotatable bonds is 21. The number of amides is 5. The van der Waals surface area contributed by atoms with Gasteiger partial charge in [-0.1, -0.05) is 111 Å². The molecule has 0 radical (unpaired) electrons. The van der Waals surface area contributed by atoms with Crippen LogP contribution < -0.4 is 27.0 Å². The number of likely N-dealkylation sites (tertiary alicyclic amines) is 1. The van der Waals surface area contributed by atoms with Crippen molar-refractivity contribution in [3.05, 3.63) is 108 Å². The molecule has 1 aliphatic heterocycles. The molecule has 0 aliphatic carbocycles. The number of nitrogens with one attached hydrogen (secondary N) is 4. The van der Waals surface area contributed by atoms with Gasteiger partial charge in [0.25, 0.3) is 0 Å². The molecule has 0 saturated carbocycles. The Balaban J connectivity index is 1.45. The highest BCUT2D eigenvalue weighted by molar-refractivity contribution is 5.93. The minimum atomic E-state index is -1.40. The number of primary amides is 1. The minimum Gasteiger partial charge on any atom is -0.467 e. The largest absolute Gasteiger partial charge is 0.467 e. The number of ether oxygens (including phenoxy) is 2. The molecule has 312 valence electrons. The van der Waals surface area contributed by atoms with Crippen molar-refractivity contribution in [2.75, 3.05) is 20.2 Å². The molecular weight excluding hydrogens is 745 g/mol. The van der Waals surface area contributed by atoms with Gasteiger partial charge < -0.3 is 41.6 Å². The molecule has 1 fully saturated rings. The molecule has 1 heterocycles. The summed E-state index contributed by atoms with van der Waals surface area (Å²) in [5, 5.41) is 22.7. The number of nitrogens with zero attached hydrogens (tertiary/aromatic N) is 1. The lowest BCUT2D eigenvalue weighted by Gasteiger charge is -2.33. The first-order valence-corrected chi connectivity index (χ1v) is 19.6. The van der Waals surface area contributed by atoms with Gasteiger partial charge in [0.2, 0.25) is 23.6 Å². The molecule has 58 heavy (non-hydrogen) atoms. The molecule has 1 saturated heterocycles. The molecule has 0 bridgehead atoms. The third-order valence-electron chi connectivity index (χ3n) is 10.3. The van der Waals surface area contributed by atoms with E-state index in [0.717, 1.165) is 16.7 Å². The molecule has 1 aliphatic rings. The van der Waals surface area contributed by atoms with E-state index in [1.807, 2.05) is 85.5 Å². The van der Waals surface area contributed by atoms with Crippen LogP contribution in [0.2, 0.25) is 0 Å². The van der Waals surface area contributed by atoms with Gasteiger partial charge in [-0.25, -0.2) is 9.59 Å². The Labute approximate surface area is 339 Å². The highest BCUT2D eigenvalue weighted by Gasteiger charge is 2.38. The number of nitrogens with two attached hydrogens (primary N) is 1. The Morgan fingerprint density at radius 3 is 1.95 bits per heavy atom. The van der Waals surface area contributed by atoms with Gasteiger partial charge in [0, 0.05) is 13.0 Å². The number of hydrogen-bond donors (Lipinski definition) is 6. The number of carbonyl (C=O) groups is 6. The van der Waals surface area contributed by atoms with E-state index < -0.39 is 78.4 Å². The van der Waals surface area contributed by atoms with E-state index >= 15 is 0 Å². The molecule has 15 nitrogen and oxygen atoms in total. The summed E-state index contributed by atoms with van der Waals surface area (Å²) in [5.41, 5.74) is 7.78. The van der Waals surface area contributed by atoms with Crippen molar-refractivity contribution in [1.82, 2.24) is 26.2 Å². The Hall–Kier alpha value is -5.80. The van der Waals surface area contributed by atoms with Gasteiger partial charge in [-0.3, -0.25) is 24.1 Å². The standard InChI is InChI=1S/C43H56N6O9/c1-4-28(2)38(41(54)46-34(42(55)57-3)24-30-17-10-6-11-18-30)48-40(53)35-21-14-22-49(35)26-36(50)32(23-29-15-8-5-9-16-29)45-39(52)33(25-37(44)51)47-43(56)58-27-31-19-12-7-13-20-31/h5-13,15-20,28,32-36,38,50H,4,14,21-27H2,1-3H3,(H2,44,51)(H,45,52)(H,46,54)(H,47,56)(H,48,53)/t28-,32-,33-,34-,35-,36?,38-/m0/s1. The van der Waals surface area contributed by atoms with E-state index in [2.05, 4.69) is 21.3 Å². The number of methoxy groups -OCH3 is 1. The van der Waals surface area contributed by atoms with Crippen LogP contribution in [0, 0.1) is 5.92 Å². The zero-order valence-corrected chi connectivity index (χ0v) is 33.3. The normalized spacial score (nSPS) is 17.0. The van der Waals surface area contributed by atoms with E-state index in [4.69, 9.17) is 15.2 Å². The molecule has 1 unspecified atom stereocenters. The number of esters is 1. The zero-order chi connectivity index (χ0) is 42.0. The SMILES string of the molecule is CC[C@H](C)[C@H](NC(=O)[C@@H]1CCCN1CC(O)[C@H](Cc1ccccc1)NC(=O)[C@H](CC(N)=O)NC(=O)OCc1ccccc1)C(=O)N[C@@H](Cc1ccccc1)C(=O)OC. The van der Waals surface area contributed by atoms with E-state index in [0.29, 0.717) is 25.8 Å². The van der Waals surface area contributed by atoms with Crippen molar-refractivity contribution in [3.8, 4) is 0 Å². The van der Waals surface area contributed by atoms with Crippen LogP contribution in [0.3, 0.4) is 0 Å². The van der Waals surface area contributed by atoms with Gasteiger partial charge in [0.15, 0.2) is 0 Å². The molecule has 0 spiro atoms. The monoisotopic (exact) mass is 800 g/mol. The van der Waals surface area contributed by atoms with Gasteiger partial charge in [-0.15, -0.1) is 0 Å². The number of β-amino-alcohol motifs (C(OH)–C–C–N with tert-alkyl or cyclic N) is 1. The average molecular weight is 801 g/mol. The Kier molecular flexibility index (Phi) is 17.7. The fourth-order valence-corrected chi connectivity index (χ4v) is 6.86. The minimum absolute atomic E-state index is 0.0232. The maximum absolute atomic E-state index is 13.9. The summed E-state index contributed by atoms with van der Waals surface area (Å²) in [6.07, 6.45) is -0.637. The van der Waals surface area contributed by atoms with Gasteiger partial charge in [-0.2, -0.15) is 0 Å². The van der Waals surface area contributed by atoms with E-state index in [9.17, 15) is 33.9 Å². The fraction of sp³-hybridized carbons (Fsp3) is 0.442. The van der Waals surface area contributed by atoms with Crippen molar-refractivity contribution >= 4 is 35.7 Å². The lowest BCUT2D eigenvalue weighted by Crippen LogP contribution is -2.59. The predicted octanol–water partition coefficient (Wildman–Crippen LogP) is 2.14. The van der Waals surface area contributed by atoms with Gasteiger partial charge in [-0.05, 0) is 48.4 Å². The molecule has 3 aromatic rings. The first kappa shape index (κ1) is 44.9. The molecule has 4 rings (SSSR count). The van der Waals surface area contributed by atoms with Crippen molar-refractivity contribution in [2.45, 2.75) is 95.3 Å². The average Bonchev–Trinajstić information content (AvgIpc) is 3.69. The molecule has 15 heteroatoms. The predicted molar refractivity (Wildman–Crippen MR) is 216 cm³/mol. The zero-order valence-electron chi connectivity index (χ0n) is 33.3. The van der Waals surface area contributed by atoms with Gasteiger partial charge in [0.05, 0.1) is 31.7 Å². The van der Waals surface area contributed by atoms with Crippen molar-refractivity contribution < 1.29 is 43.3 Å². The number of carbonyl (C=O) groups excluding carboxylic acids is 6. The second kappa shape index (κ2) is 22.8. The molecule has 0 aromatic heterocycles. The Morgan fingerprint density at radius 2 is 1.38 bits per heavy atom. The number of hydrogen-bond acceptors (Lipinski definition) is 10. The van der Waals surface area contributed by atoms with Crippen LogP contribution in [0.4, 0.5) is 4.79 Å². The second-order valence-corrected chi connectivity index (χ2v) is 14.6. The first-order chi connectivity index (χ1) is 27.9. The topological polar surface area (TPSA) is 218 Å². The van der Waals surface area contributed by atoms with E-state index in [1.165, 1.54) is 7.11 Å². The maximum Gasteiger partial charge on any atom is 0.408 e. The third-order valence-corrected chi connectivity index (χ3v) is 10.3. The molecule has 5 amide bonds. The number of aliphatic hydroxyl groups excluding tert-OH is 1. The van der Waals surface area contributed by atoms with Crippen LogP contribution in [0.15, 0.2) is 91.0 Å². The summed E-state index contributed by atoms with van der Waals surface area (Å²) in [4.78, 5) is 80.6. The number of alkyl carbamates (subject to hydrolysis) is 1. The molecule has 7 atom stereocenters. The lowest BCUT2D eigenvalue weighted by molar-refractivity contribution is -0.145. The smallest absolute Gasteiger partial charge is 0.408 e. The summed E-state index contributed by atoms with van der Waals surface area (Å²) < 4.78 is 10.2. The van der Waals surface area contributed by atoms with Crippen molar-refractivity contribution in [3.63, 3.8) is 0 Å². The van der Waals surface area contributed by atoms with Gasteiger partial charge in [0.1, 0.15) is 24.7 Å². The Bertz CT molecular complexity index is 1800. The fourth-order valence-electron chi connectivity index (χ4n) is 6.86. The number of benzene rings is 3. The Morgan fingerprint density at radius 1 is 0.793 bits per heavy atom. The van der Waals surface area contributed by atoms with Crippen LogP contribution in [-0.4, -0.2) is 102 Å². The second-order valence-electron chi connectivity index (χ2n) is 14.6. The highest BCUT2D eigenvalue weighted by Crippen LogP contribution is 2.21. The highest BCUT2D eigenvalue weighted by atomic mass is 16.5.